The number of urea groups is 1. The molecule has 0 rings (SSSR count). The van der Waals surface area contributed by atoms with Crippen LogP contribution in [0, 0.1) is 0 Å². The lowest BCUT2D eigenvalue weighted by atomic mass is 10.0. The number of nitrogens with one attached hydrogen (secondary N) is 4. The van der Waals surface area contributed by atoms with E-state index in [9.17, 15) is 42.7 Å². The van der Waals surface area contributed by atoms with Crippen molar-refractivity contribution >= 4 is 56.2 Å². The number of ketones is 4. The standard InChI is InChI=1S/C61H116N4O15P2/c1-7-11-15-19-21-23-25-29-33-37-57(68)47-59(70)64-53(49-75-43-39-55(66)35-31-27-17-13-9-3)51-79-81(5,73)77-45-41-62-61(72)63-42-46-78-82(6,74)80-52-54(50-76-44-40-56(67)36-32-28-18-14-10-4)65-60(71)48-58(69)38-34-30-26-24-22-20-16-12-8-2/h53-54H,7-52H2,1-6H3,(H,64,70)(H,65,71)(H2,62,63,72). The highest BCUT2D eigenvalue weighted by Crippen LogP contribution is 2.44. The molecule has 0 radical (unpaired) electrons. The van der Waals surface area contributed by atoms with Gasteiger partial charge in [-0.05, 0) is 25.7 Å². The Hall–Kier alpha value is -2.89. The fourth-order valence-electron chi connectivity index (χ4n) is 8.89. The fourth-order valence-corrected chi connectivity index (χ4v) is 10.8. The molecule has 0 spiro atoms. The number of carbonyl (C=O) groups excluding carboxylic acids is 7. The van der Waals surface area contributed by atoms with Gasteiger partial charge in [-0.1, -0.05) is 182 Å². The molecular weight excluding hydrogens is 1090 g/mol. The van der Waals surface area contributed by atoms with Gasteiger partial charge in [-0.2, -0.15) is 0 Å². The average Bonchev–Trinajstić information content (AvgIpc) is 3.47. The Labute approximate surface area is 496 Å². The lowest BCUT2D eigenvalue weighted by molar-refractivity contribution is -0.130. The number of amides is 4. The van der Waals surface area contributed by atoms with Crippen LogP contribution in [0.25, 0.3) is 0 Å². The minimum absolute atomic E-state index is 0.0487. The third kappa shape index (κ3) is 53.8. The number of Topliss-reactive ketones (excluding diaryl/α,β-unsaturated/α-hetero) is 4. The fraction of sp³-hybridized carbons (Fsp3) is 0.885. The minimum Gasteiger partial charge on any atom is -0.379 e. The molecule has 82 heavy (non-hydrogen) atoms. The summed E-state index contributed by atoms with van der Waals surface area (Å²) in [6, 6.07) is -2.19. The number of hydrogen-bond donors (Lipinski definition) is 4. The highest BCUT2D eigenvalue weighted by Gasteiger charge is 2.25. The van der Waals surface area contributed by atoms with E-state index < -0.39 is 45.1 Å². The summed E-state index contributed by atoms with van der Waals surface area (Å²) >= 11 is 0. The van der Waals surface area contributed by atoms with Crippen LogP contribution in [0.2, 0.25) is 0 Å². The van der Waals surface area contributed by atoms with Crippen molar-refractivity contribution < 1.29 is 70.3 Å². The summed E-state index contributed by atoms with van der Waals surface area (Å²) in [5.74, 6) is -1.16. The molecule has 0 aliphatic heterocycles. The maximum atomic E-state index is 13.3. The lowest BCUT2D eigenvalue weighted by Gasteiger charge is -2.22. The normalized spacial score (nSPS) is 13.6. The summed E-state index contributed by atoms with van der Waals surface area (Å²) in [4.78, 5) is 88.6. The van der Waals surface area contributed by atoms with E-state index in [1.807, 2.05) is 0 Å². The molecule has 0 fully saturated rings. The van der Waals surface area contributed by atoms with Crippen molar-refractivity contribution in [3.05, 3.63) is 0 Å². The summed E-state index contributed by atoms with van der Waals surface area (Å²) in [6.45, 7) is 10.3. The Morgan fingerprint density at radius 1 is 0.341 bits per heavy atom. The van der Waals surface area contributed by atoms with Crippen molar-refractivity contribution in [3.8, 4) is 0 Å². The molecule has 0 bridgehead atoms. The molecule has 4 unspecified atom stereocenters. The second-order valence-electron chi connectivity index (χ2n) is 22.2. The van der Waals surface area contributed by atoms with E-state index in [4.69, 9.17) is 27.6 Å². The van der Waals surface area contributed by atoms with Gasteiger partial charge in [0.15, 0.2) is 0 Å². The Bertz CT molecular complexity index is 1650. The van der Waals surface area contributed by atoms with Crippen molar-refractivity contribution in [2.45, 2.75) is 271 Å². The molecule has 4 amide bonds. The molecule has 0 heterocycles. The Morgan fingerprint density at radius 2 is 0.622 bits per heavy atom. The van der Waals surface area contributed by atoms with Crippen molar-refractivity contribution in [1.82, 2.24) is 21.3 Å². The zero-order valence-corrected chi connectivity index (χ0v) is 54.0. The van der Waals surface area contributed by atoms with Gasteiger partial charge in [0.1, 0.15) is 23.1 Å². The molecule has 0 aromatic carbocycles. The second-order valence-corrected chi connectivity index (χ2v) is 26.3. The van der Waals surface area contributed by atoms with Gasteiger partial charge >= 0.3 is 21.2 Å². The predicted molar refractivity (Wildman–Crippen MR) is 327 cm³/mol. The second kappa shape index (κ2) is 54.7. The molecule has 480 valence electrons. The summed E-state index contributed by atoms with van der Waals surface area (Å²) in [6.07, 6.45) is 31.9. The highest BCUT2D eigenvalue weighted by atomic mass is 31.2. The van der Waals surface area contributed by atoms with Gasteiger partial charge in [0.05, 0.1) is 77.8 Å². The van der Waals surface area contributed by atoms with Crippen LogP contribution >= 0.6 is 15.2 Å². The topological polar surface area (TPSA) is 257 Å². The first kappa shape index (κ1) is 79.1. The Kier molecular flexibility index (Phi) is 52.8. The molecule has 0 aromatic heterocycles. The molecule has 0 aliphatic carbocycles. The van der Waals surface area contributed by atoms with Gasteiger partial charge in [-0.25, -0.2) is 4.79 Å². The van der Waals surface area contributed by atoms with Gasteiger partial charge in [0, 0.05) is 64.9 Å². The van der Waals surface area contributed by atoms with E-state index in [0.29, 0.717) is 25.7 Å². The van der Waals surface area contributed by atoms with E-state index in [1.54, 1.807) is 0 Å². The van der Waals surface area contributed by atoms with E-state index in [1.165, 1.54) is 77.5 Å². The van der Waals surface area contributed by atoms with Crippen LogP contribution in [0.15, 0.2) is 0 Å². The monoisotopic (exact) mass is 1210 g/mol. The van der Waals surface area contributed by atoms with Crippen molar-refractivity contribution in [3.63, 3.8) is 0 Å². The number of rotatable bonds is 62. The van der Waals surface area contributed by atoms with E-state index in [-0.39, 0.29) is 115 Å². The minimum atomic E-state index is -3.71. The van der Waals surface area contributed by atoms with Gasteiger partial charge in [0.2, 0.25) is 11.8 Å². The summed E-state index contributed by atoms with van der Waals surface area (Å²) in [5, 5.41) is 10.6. The van der Waals surface area contributed by atoms with Crippen molar-refractivity contribution in [1.29, 1.82) is 0 Å². The summed E-state index contributed by atoms with van der Waals surface area (Å²) < 4.78 is 60.2. The SMILES string of the molecule is CCCCCCCCCCCC(=O)CC(=O)NC(COCCC(=O)CCCCCCC)COP(C)(=O)OCCNC(=O)NCCOP(C)(=O)OCC(COCCC(=O)CCCCCCC)NC(=O)CC(=O)CCCCCCCCCCC. The molecule has 4 atom stereocenters. The van der Waals surface area contributed by atoms with Crippen LogP contribution in [0.5, 0.6) is 0 Å². The van der Waals surface area contributed by atoms with Crippen LogP contribution in [0.4, 0.5) is 4.79 Å². The van der Waals surface area contributed by atoms with Crippen LogP contribution < -0.4 is 21.3 Å². The molecule has 0 aromatic rings. The summed E-state index contributed by atoms with van der Waals surface area (Å²) in [5.41, 5.74) is 0. The third-order valence-corrected chi connectivity index (χ3v) is 16.4. The van der Waals surface area contributed by atoms with Crippen molar-refractivity contribution in [2.75, 3.05) is 79.3 Å². The van der Waals surface area contributed by atoms with Gasteiger partial charge < -0.3 is 48.8 Å². The maximum Gasteiger partial charge on any atom is 0.327 e. The zero-order chi connectivity index (χ0) is 60.8. The first-order chi connectivity index (χ1) is 39.4. The summed E-state index contributed by atoms with van der Waals surface area (Å²) in [7, 11) is -7.43. The van der Waals surface area contributed by atoms with E-state index in [2.05, 4.69) is 49.0 Å². The first-order valence-electron chi connectivity index (χ1n) is 32.0. The van der Waals surface area contributed by atoms with E-state index >= 15 is 0 Å². The number of ether oxygens (including phenoxy) is 2. The molecule has 19 nitrogen and oxygen atoms in total. The van der Waals surface area contributed by atoms with Crippen LogP contribution in [-0.2, 0) is 65.5 Å². The number of carbonyl (C=O) groups is 7. The van der Waals surface area contributed by atoms with Crippen molar-refractivity contribution in [2.24, 2.45) is 0 Å². The van der Waals surface area contributed by atoms with Gasteiger partial charge in [0.25, 0.3) is 0 Å². The predicted octanol–water partition coefficient (Wildman–Crippen LogP) is 13.4. The van der Waals surface area contributed by atoms with Crippen LogP contribution in [0.1, 0.15) is 259 Å². The molecule has 4 N–H and O–H groups in total. The molecule has 0 aliphatic rings. The van der Waals surface area contributed by atoms with Gasteiger partial charge in [-0.15, -0.1) is 0 Å². The smallest absolute Gasteiger partial charge is 0.327 e. The largest absolute Gasteiger partial charge is 0.379 e. The lowest BCUT2D eigenvalue weighted by Crippen LogP contribution is -2.42. The number of hydrogen-bond acceptors (Lipinski definition) is 15. The third-order valence-electron chi connectivity index (χ3n) is 13.8. The van der Waals surface area contributed by atoms with Crippen LogP contribution in [0.3, 0.4) is 0 Å². The highest BCUT2D eigenvalue weighted by molar-refractivity contribution is 7.53. The molecular formula is C61H116N4O15P2. The molecule has 0 saturated carbocycles. The first-order valence-corrected chi connectivity index (χ1v) is 36.0. The van der Waals surface area contributed by atoms with E-state index in [0.717, 1.165) is 116 Å². The Balaban J connectivity index is 5.04. The van der Waals surface area contributed by atoms with Gasteiger partial charge in [-0.3, -0.25) is 37.9 Å². The van der Waals surface area contributed by atoms with Crippen LogP contribution in [-0.4, -0.2) is 132 Å². The molecule has 0 saturated heterocycles. The molecule has 21 heteroatoms. The Morgan fingerprint density at radius 3 is 0.927 bits per heavy atom. The average molecular weight is 1210 g/mol. The maximum absolute atomic E-state index is 13.3. The number of unbranched alkanes of at least 4 members (excludes halogenated alkanes) is 24. The zero-order valence-electron chi connectivity index (χ0n) is 52.2. The quantitative estimate of drug-likeness (QED) is 0.0251.